The molecule has 0 N–H and O–H groups in total. The lowest BCUT2D eigenvalue weighted by atomic mass is 9.30. The number of rotatable bonds is 0. The topological polar surface area (TPSA) is 12.9 Å². The number of pyridine rings is 1. The average Bonchev–Trinajstić information content (AvgIpc) is 2.66. The van der Waals surface area contributed by atoms with Crippen molar-refractivity contribution in [2.45, 2.75) is 20.3 Å². The lowest BCUT2D eigenvalue weighted by molar-refractivity contribution is 1.15. The van der Waals surface area contributed by atoms with Crippen molar-refractivity contribution in [3.8, 4) is 11.1 Å². The predicted octanol–water partition coefficient (Wildman–Crippen LogP) is 3.25. The largest absolute Gasteiger partial charge is 0.264 e. The van der Waals surface area contributed by atoms with Crippen LogP contribution in [0.15, 0.2) is 60.9 Å². The molecular weight excluding hydrogens is 313 g/mol. The first-order valence-corrected chi connectivity index (χ1v) is 9.32. The Kier molecular flexibility index (Phi) is 2.67. The first kappa shape index (κ1) is 14.3. The van der Waals surface area contributed by atoms with Crippen LogP contribution in [0.1, 0.15) is 22.3 Å². The third kappa shape index (κ3) is 1.65. The molecule has 2 aliphatic rings. The summed E-state index contributed by atoms with van der Waals surface area (Å²) in [5, 5.41) is 2.75. The van der Waals surface area contributed by atoms with Crippen molar-refractivity contribution in [3.05, 3.63) is 83.2 Å². The fourth-order valence-electron chi connectivity index (χ4n) is 5.26. The van der Waals surface area contributed by atoms with Crippen molar-refractivity contribution >= 4 is 33.9 Å². The molecule has 0 atom stereocenters. The van der Waals surface area contributed by atoms with Gasteiger partial charge in [-0.1, -0.05) is 76.0 Å². The minimum atomic E-state index is 0.326. The lowest BCUT2D eigenvalue weighted by Crippen LogP contribution is -2.60. The Bertz CT molecular complexity index is 1240. The van der Waals surface area contributed by atoms with Gasteiger partial charge in [-0.2, -0.15) is 0 Å². The van der Waals surface area contributed by atoms with Crippen molar-refractivity contribution in [3.63, 3.8) is 0 Å². The molecular formula is C24H18BN. The molecule has 0 fully saturated rings. The number of hydrogen-bond donors (Lipinski definition) is 0. The second kappa shape index (κ2) is 4.85. The van der Waals surface area contributed by atoms with Gasteiger partial charge in [-0.05, 0) is 53.3 Å². The summed E-state index contributed by atoms with van der Waals surface area (Å²) < 4.78 is 0. The average molecular weight is 331 g/mol. The van der Waals surface area contributed by atoms with E-state index in [0.29, 0.717) is 6.71 Å². The number of hydrogen-bond acceptors (Lipinski definition) is 1. The summed E-state index contributed by atoms with van der Waals surface area (Å²) in [6.07, 6.45) is 5.15. The smallest absolute Gasteiger partial charge is 0.244 e. The van der Waals surface area contributed by atoms with E-state index in [9.17, 15) is 0 Å². The van der Waals surface area contributed by atoms with E-state index in [2.05, 4.69) is 79.8 Å². The standard InChI is InChI=1S/C24H18BN/c1-14-5-3-7-17-11-18-12-26-13-20-19-8-4-6-16-10-9-15(2)23(21(16)19)25(22(14)17)24(18)20/h3-10,12-13H,11H2,1-2H3. The first-order chi connectivity index (χ1) is 12.7. The Hall–Kier alpha value is -2.87. The molecule has 122 valence electrons. The van der Waals surface area contributed by atoms with Gasteiger partial charge in [-0.15, -0.1) is 0 Å². The normalized spacial score (nSPS) is 13.5. The van der Waals surface area contributed by atoms with Crippen LogP contribution in [0.4, 0.5) is 0 Å². The van der Waals surface area contributed by atoms with E-state index in [1.807, 2.05) is 0 Å². The second-order valence-electron chi connectivity index (χ2n) is 7.72. The maximum absolute atomic E-state index is 4.61. The van der Waals surface area contributed by atoms with Gasteiger partial charge in [-0.25, -0.2) is 0 Å². The van der Waals surface area contributed by atoms with Crippen LogP contribution in [0.5, 0.6) is 0 Å². The molecule has 3 heterocycles. The summed E-state index contributed by atoms with van der Waals surface area (Å²) in [5.74, 6) is 0. The number of aryl methyl sites for hydroxylation is 2. The summed E-state index contributed by atoms with van der Waals surface area (Å²) in [6, 6.07) is 18.0. The quantitative estimate of drug-likeness (QED) is 0.389. The highest BCUT2D eigenvalue weighted by molar-refractivity contribution is 7.00. The second-order valence-corrected chi connectivity index (χ2v) is 7.72. The van der Waals surface area contributed by atoms with Crippen LogP contribution in [-0.4, -0.2) is 11.7 Å². The molecule has 4 aromatic rings. The molecule has 0 bridgehead atoms. The zero-order valence-electron chi connectivity index (χ0n) is 15.0. The summed E-state index contributed by atoms with van der Waals surface area (Å²) in [6.45, 7) is 4.86. The number of benzene rings is 3. The molecule has 2 aliphatic heterocycles. The number of nitrogens with zero attached hydrogens (tertiary/aromatic N) is 1. The fraction of sp³-hybridized carbons (Fsp3) is 0.125. The number of aromatic nitrogens is 1. The van der Waals surface area contributed by atoms with E-state index in [-0.39, 0.29) is 0 Å². The molecule has 2 heteroatoms. The van der Waals surface area contributed by atoms with Gasteiger partial charge in [0.2, 0.25) is 6.71 Å². The molecule has 1 nitrogen and oxygen atoms in total. The van der Waals surface area contributed by atoms with Crippen LogP contribution in [0.2, 0.25) is 0 Å². The van der Waals surface area contributed by atoms with E-state index >= 15 is 0 Å². The van der Waals surface area contributed by atoms with Gasteiger partial charge in [0.05, 0.1) is 0 Å². The third-order valence-corrected chi connectivity index (χ3v) is 6.33. The van der Waals surface area contributed by atoms with Gasteiger partial charge in [-0.3, -0.25) is 4.98 Å². The Morgan fingerprint density at radius 3 is 2.50 bits per heavy atom. The van der Waals surface area contributed by atoms with E-state index in [1.165, 1.54) is 60.5 Å². The molecule has 0 amide bonds. The van der Waals surface area contributed by atoms with Crippen LogP contribution in [0.3, 0.4) is 0 Å². The first-order valence-electron chi connectivity index (χ1n) is 9.32. The van der Waals surface area contributed by atoms with Gasteiger partial charge < -0.3 is 0 Å². The summed E-state index contributed by atoms with van der Waals surface area (Å²) >= 11 is 0. The minimum absolute atomic E-state index is 0.326. The fourth-order valence-corrected chi connectivity index (χ4v) is 5.26. The molecule has 6 rings (SSSR count). The molecule has 26 heavy (non-hydrogen) atoms. The molecule has 0 saturated carbocycles. The molecule has 0 saturated heterocycles. The van der Waals surface area contributed by atoms with Crippen LogP contribution in [-0.2, 0) is 6.42 Å². The van der Waals surface area contributed by atoms with Gasteiger partial charge in [0.25, 0.3) is 0 Å². The monoisotopic (exact) mass is 331 g/mol. The van der Waals surface area contributed by atoms with E-state index in [4.69, 9.17) is 0 Å². The van der Waals surface area contributed by atoms with E-state index < -0.39 is 0 Å². The highest BCUT2D eigenvalue weighted by atomic mass is 14.6. The maximum atomic E-state index is 4.61. The molecule has 1 aromatic heterocycles. The highest BCUT2D eigenvalue weighted by Gasteiger charge is 2.39. The van der Waals surface area contributed by atoms with Gasteiger partial charge in [0, 0.05) is 12.4 Å². The Labute approximate surface area is 153 Å². The van der Waals surface area contributed by atoms with Crippen molar-refractivity contribution < 1.29 is 0 Å². The molecule has 0 spiro atoms. The Balaban J connectivity index is 1.87. The summed E-state index contributed by atoms with van der Waals surface area (Å²) in [5.41, 5.74) is 12.8. The molecule has 0 aliphatic carbocycles. The molecule has 0 unspecified atom stereocenters. The van der Waals surface area contributed by atoms with Crippen molar-refractivity contribution in [1.82, 2.24) is 4.98 Å². The van der Waals surface area contributed by atoms with Gasteiger partial charge in [0.1, 0.15) is 0 Å². The minimum Gasteiger partial charge on any atom is -0.264 e. The zero-order valence-corrected chi connectivity index (χ0v) is 15.0. The predicted molar refractivity (Wildman–Crippen MR) is 111 cm³/mol. The van der Waals surface area contributed by atoms with Crippen LogP contribution >= 0.6 is 0 Å². The van der Waals surface area contributed by atoms with Crippen molar-refractivity contribution in [2.24, 2.45) is 0 Å². The summed E-state index contributed by atoms with van der Waals surface area (Å²) in [4.78, 5) is 4.61. The van der Waals surface area contributed by atoms with Gasteiger partial charge in [0.15, 0.2) is 0 Å². The van der Waals surface area contributed by atoms with E-state index in [0.717, 1.165) is 6.42 Å². The van der Waals surface area contributed by atoms with E-state index in [1.54, 1.807) is 0 Å². The zero-order chi connectivity index (χ0) is 17.4. The highest BCUT2D eigenvalue weighted by Crippen LogP contribution is 2.33. The van der Waals surface area contributed by atoms with Crippen LogP contribution < -0.4 is 16.4 Å². The van der Waals surface area contributed by atoms with Crippen molar-refractivity contribution in [2.75, 3.05) is 0 Å². The number of fused-ring (bicyclic) bond motifs is 4. The Morgan fingerprint density at radius 2 is 1.58 bits per heavy atom. The Morgan fingerprint density at radius 1 is 0.731 bits per heavy atom. The summed E-state index contributed by atoms with van der Waals surface area (Å²) in [7, 11) is 0. The third-order valence-electron chi connectivity index (χ3n) is 6.33. The molecule has 0 radical (unpaired) electrons. The van der Waals surface area contributed by atoms with Crippen LogP contribution in [0.25, 0.3) is 21.9 Å². The molecule has 3 aromatic carbocycles. The maximum Gasteiger partial charge on any atom is 0.244 e. The van der Waals surface area contributed by atoms with Crippen molar-refractivity contribution in [1.29, 1.82) is 0 Å². The lowest BCUT2D eigenvalue weighted by Gasteiger charge is -2.35. The van der Waals surface area contributed by atoms with Crippen LogP contribution in [0, 0.1) is 13.8 Å². The SMILES string of the molecule is Cc1cccc2c1B1c3c(cncc3-c3cccc4ccc(C)c1c34)C2. The van der Waals surface area contributed by atoms with Gasteiger partial charge >= 0.3 is 0 Å².